The number of aryl methyl sites for hydroxylation is 2. The van der Waals surface area contributed by atoms with E-state index in [1.807, 2.05) is 6.20 Å². The van der Waals surface area contributed by atoms with Gasteiger partial charge in [0, 0.05) is 11.6 Å². The van der Waals surface area contributed by atoms with Crippen molar-refractivity contribution in [2.45, 2.75) is 13.8 Å². The van der Waals surface area contributed by atoms with Crippen molar-refractivity contribution in [3.63, 3.8) is 0 Å². The molecule has 0 atom stereocenters. The molecule has 0 fully saturated rings. The van der Waals surface area contributed by atoms with Crippen LogP contribution >= 0.6 is 15.9 Å². The average Bonchev–Trinajstić information content (AvgIpc) is 2.12. The van der Waals surface area contributed by atoms with Gasteiger partial charge in [0.15, 0.2) is 0 Å². The summed E-state index contributed by atoms with van der Waals surface area (Å²) in [5, 5.41) is 2.50. The van der Waals surface area contributed by atoms with Crippen LogP contribution in [0.3, 0.4) is 0 Å². The molecule has 0 amide bonds. The largest absolute Gasteiger partial charge is 0.249 e. The maximum absolute atomic E-state index is 4.23. The van der Waals surface area contributed by atoms with Crippen molar-refractivity contribution in [2.24, 2.45) is 0 Å². The number of hydrogen-bond acceptors (Lipinski definition) is 1. The standard InChI is InChI=1S/C11H10BrN/c1-7-3-4-8(2)10-9(7)5-6-13-11(10)12/h3-6H,1-2H3. The van der Waals surface area contributed by atoms with Crippen molar-refractivity contribution in [3.05, 3.63) is 40.1 Å². The minimum Gasteiger partial charge on any atom is -0.249 e. The summed E-state index contributed by atoms with van der Waals surface area (Å²) in [7, 11) is 0. The summed E-state index contributed by atoms with van der Waals surface area (Å²) < 4.78 is 0.936. The van der Waals surface area contributed by atoms with Crippen molar-refractivity contribution in [3.8, 4) is 0 Å². The monoisotopic (exact) mass is 235 g/mol. The molecule has 0 aliphatic carbocycles. The molecule has 2 aromatic rings. The number of nitrogens with zero attached hydrogens (tertiary/aromatic N) is 1. The van der Waals surface area contributed by atoms with Gasteiger partial charge in [-0.1, -0.05) is 12.1 Å². The number of aromatic nitrogens is 1. The highest BCUT2D eigenvalue weighted by atomic mass is 79.9. The molecular formula is C11H10BrN. The molecule has 0 saturated carbocycles. The van der Waals surface area contributed by atoms with E-state index in [9.17, 15) is 0 Å². The Kier molecular flexibility index (Phi) is 2.08. The van der Waals surface area contributed by atoms with E-state index >= 15 is 0 Å². The Bertz CT molecular complexity index is 455. The van der Waals surface area contributed by atoms with E-state index in [1.54, 1.807) is 0 Å². The van der Waals surface area contributed by atoms with Crippen LogP contribution in [0.15, 0.2) is 29.0 Å². The normalized spacial score (nSPS) is 10.7. The molecule has 0 spiro atoms. The van der Waals surface area contributed by atoms with Gasteiger partial charge in [-0.05, 0) is 52.4 Å². The van der Waals surface area contributed by atoms with Crippen LogP contribution < -0.4 is 0 Å². The lowest BCUT2D eigenvalue weighted by Gasteiger charge is -2.05. The molecule has 2 heteroatoms. The maximum atomic E-state index is 4.23. The van der Waals surface area contributed by atoms with Crippen LogP contribution in [-0.4, -0.2) is 4.98 Å². The lowest BCUT2D eigenvalue weighted by Crippen LogP contribution is -1.85. The van der Waals surface area contributed by atoms with Gasteiger partial charge in [-0.3, -0.25) is 0 Å². The number of pyridine rings is 1. The summed E-state index contributed by atoms with van der Waals surface area (Å²) in [6.45, 7) is 4.22. The molecule has 1 aromatic carbocycles. The van der Waals surface area contributed by atoms with E-state index in [-0.39, 0.29) is 0 Å². The van der Waals surface area contributed by atoms with Crippen LogP contribution in [0.1, 0.15) is 11.1 Å². The van der Waals surface area contributed by atoms with Gasteiger partial charge >= 0.3 is 0 Å². The molecule has 0 bridgehead atoms. The average molecular weight is 236 g/mol. The number of hydrogen-bond donors (Lipinski definition) is 0. The summed E-state index contributed by atoms with van der Waals surface area (Å²) in [6.07, 6.45) is 1.83. The highest BCUT2D eigenvalue weighted by Gasteiger charge is 2.03. The van der Waals surface area contributed by atoms with Crippen LogP contribution in [0.2, 0.25) is 0 Å². The second-order valence-electron chi connectivity index (χ2n) is 3.22. The Morgan fingerprint density at radius 3 is 2.46 bits per heavy atom. The molecule has 1 nitrogen and oxygen atoms in total. The summed E-state index contributed by atoms with van der Waals surface area (Å²) in [5.41, 5.74) is 2.56. The summed E-state index contributed by atoms with van der Waals surface area (Å²) in [5.74, 6) is 0. The van der Waals surface area contributed by atoms with Crippen molar-refractivity contribution >= 4 is 26.7 Å². The summed E-state index contributed by atoms with van der Waals surface area (Å²) >= 11 is 3.47. The molecule has 0 aliphatic heterocycles. The highest BCUT2D eigenvalue weighted by Crippen LogP contribution is 2.27. The van der Waals surface area contributed by atoms with Crippen LogP contribution in [0.5, 0.6) is 0 Å². The van der Waals surface area contributed by atoms with E-state index in [4.69, 9.17) is 0 Å². The van der Waals surface area contributed by atoms with E-state index in [0.717, 1.165) is 4.60 Å². The minimum atomic E-state index is 0.936. The third-order valence-corrected chi connectivity index (χ3v) is 2.91. The van der Waals surface area contributed by atoms with Crippen molar-refractivity contribution in [1.29, 1.82) is 0 Å². The Hall–Kier alpha value is -0.890. The topological polar surface area (TPSA) is 12.9 Å². The van der Waals surface area contributed by atoms with E-state index < -0.39 is 0 Å². The van der Waals surface area contributed by atoms with Crippen LogP contribution in [0.4, 0.5) is 0 Å². The predicted molar refractivity (Wildman–Crippen MR) is 58.9 cm³/mol. The predicted octanol–water partition coefficient (Wildman–Crippen LogP) is 3.61. The van der Waals surface area contributed by atoms with E-state index in [0.29, 0.717) is 0 Å². The Labute approximate surface area is 85.9 Å². The maximum Gasteiger partial charge on any atom is 0.114 e. The van der Waals surface area contributed by atoms with Gasteiger partial charge in [-0.2, -0.15) is 0 Å². The smallest absolute Gasteiger partial charge is 0.114 e. The number of benzene rings is 1. The second kappa shape index (κ2) is 3.11. The molecule has 2 rings (SSSR count). The zero-order valence-corrected chi connectivity index (χ0v) is 9.22. The highest BCUT2D eigenvalue weighted by molar-refractivity contribution is 9.10. The molecule has 0 radical (unpaired) electrons. The zero-order valence-electron chi connectivity index (χ0n) is 7.63. The first-order valence-electron chi connectivity index (χ1n) is 4.20. The fourth-order valence-electron chi connectivity index (χ4n) is 1.56. The Balaban J connectivity index is 3.00. The van der Waals surface area contributed by atoms with E-state index in [1.165, 1.54) is 21.9 Å². The Morgan fingerprint density at radius 1 is 1.08 bits per heavy atom. The molecule has 66 valence electrons. The van der Waals surface area contributed by atoms with Gasteiger partial charge in [-0.15, -0.1) is 0 Å². The SMILES string of the molecule is Cc1ccc(C)c2c(Br)nccc12. The van der Waals surface area contributed by atoms with Crippen molar-refractivity contribution in [2.75, 3.05) is 0 Å². The summed E-state index contributed by atoms with van der Waals surface area (Å²) in [4.78, 5) is 4.23. The lowest BCUT2D eigenvalue weighted by molar-refractivity contribution is 1.29. The van der Waals surface area contributed by atoms with Gasteiger partial charge in [0.25, 0.3) is 0 Å². The third kappa shape index (κ3) is 1.35. The number of halogens is 1. The lowest BCUT2D eigenvalue weighted by atomic mass is 10.0. The molecule has 1 heterocycles. The third-order valence-electron chi connectivity index (χ3n) is 2.31. The first-order valence-corrected chi connectivity index (χ1v) is 5.00. The van der Waals surface area contributed by atoms with Gasteiger partial charge in [0.1, 0.15) is 4.60 Å². The number of rotatable bonds is 0. The van der Waals surface area contributed by atoms with Gasteiger partial charge < -0.3 is 0 Å². The fourth-order valence-corrected chi connectivity index (χ4v) is 2.21. The van der Waals surface area contributed by atoms with Crippen molar-refractivity contribution < 1.29 is 0 Å². The summed E-state index contributed by atoms with van der Waals surface area (Å²) in [6, 6.07) is 6.33. The van der Waals surface area contributed by atoms with Crippen LogP contribution in [0.25, 0.3) is 10.8 Å². The molecule has 0 aliphatic rings. The molecule has 13 heavy (non-hydrogen) atoms. The van der Waals surface area contributed by atoms with Gasteiger partial charge in [0.2, 0.25) is 0 Å². The minimum absolute atomic E-state index is 0.936. The molecule has 1 aromatic heterocycles. The zero-order chi connectivity index (χ0) is 9.42. The fraction of sp³-hybridized carbons (Fsp3) is 0.182. The molecular weight excluding hydrogens is 226 g/mol. The Morgan fingerprint density at radius 2 is 1.77 bits per heavy atom. The van der Waals surface area contributed by atoms with Crippen molar-refractivity contribution in [1.82, 2.24) is 4.98 Å². The first-order chi connectivity index (χ1) is 6.20. The van der Waals surface area contributed by atoms with Crippen LogP contribution in [0, 0.1) is 13.8 Å². The van der Waals surface area contributed by atoms with Crippen LogP contribution in [-0.2, 0) is 0 Å². The molecule has 0 unspecified atom stereocenters. The van der Waals surface area contributed by atoms with E-state index in [2.05, 4.69) is 53.0 Å². The first kappa shape index (κ1) is 8.70. The quantitative estimate of drug-likeness (QED) is 0.636. The number of fused-ring (bicyclic) bond motifs is 1. The van der Waals surface area contributed by atoms with Gasteiger partial charge in [-0.25, -0.2) is 4.98 Å². The van der Waals surface area contributed by atoms with Gasteiger partial charge in [0.05, 0.1) is 0 Å². The second-order valence-corrected chi connectivity index (χ2v) is 3.97. The molecule has 0 saturated heterocycles. The molecule has 0 N–H and O–H groups in total.